The van der Waals surface area contributed by atoms with Crippen LogP contribution in [0.1, 0.15) is 11.1 Å². The third-order valence-corrected chi connectivity index (χ3v) is 5.25. The van der Waals surface area contributed by atoms with Crippen molar-refractivity contribution in [3.8, 4) is 11.5 Å². The molecule has 0 unspecified atom stereocenters. The fraction of sp³-hybridized carbons (Fsp3) is 0.158. The highest BCUT2D eigenvalue weighted by atomic mass is 32.2. The van der Waals surface area contributed by atoms with Crippen molar-refractivity contribution in [1.82, 2.24) is 0 Å². The molecule has 4 nitrogen and oxygen atoms in total. The summed E-state index contributed by atoms with van der Waals surface area (Å²) in [5.41, 5.74) is -0.192. The number of hydrogen-bond donors (Lipinski definition) is 0. The first-order valence-electron chi connectivity index (χ1n) is 7.92. The average molecular weight is 425 g/mol. The molecule has 2 aromatic rings. The number of benzene rings is 2. The Hall–Kier alpha value is -2.52. The van der Waals surface area contributed by atoms with Crippen molar-refractivity contribution in [3.63, 3.8) is 0 Å². The molecule has 0 atom stereocenters. The summed E-state index contributed by atoms with van der Waals surface area (Å²) in [4.78, 5) is 14.2. The van der Waals surface area contributed by atoms with E-state index in [-0.39, 0.29) is 14.9 Å². The van der Waals surface area contributed by atoms with Crippen molar-refractivity contribution in [1.29, 1.82) is 0 Å². The zero-order chi connectivity index (χ0) is 20.5. The van der Waals surface area contributed by atoms with Crippen LogP contribution in [0.25, 0.3) is 6.08 Å². The molecule has 146 valence electrons. The van der Waals surface area contributed by atoms with E-state index in [0.29, 0.717) is 17.1 Å². The van der Waals surface area contributed by atoms with E-state index in [4.69, 9.17) is 21.7 Å². The Morgan fingerprint density at radius 3 is 2.50 bits per heavy atom. The normalized spacial score (nSPS) is 16.0. The van der Waals surface area contributed by atoms with Gasteiger partial charge in [-0.15, -0.1) is 0 Å². The maximum atomic E-state index is 13.0. The lowest BCUT2D eigenvalue weighted by Gasteiger charge is -2.16. The van der Waals surface area contributed by atoms with E-state index in [1.54, 1.807) is 24.3 Å². The predicted octanol–water partition coefficient (Wildman–Crippen LogP) is 5.13. The van der Waals surface area contributed by atoms with Gasteiger partial charge in [0.1, 0.15) is 11.5 Å². The molecule has 0 radical (unpaired) electrons. The summed E-state index contributed by atoms with van der Waals surface area (Å²) < 4.78 is 49.6. The highest BCUT2D eigenvalue weighted by Crippen LogP contribution is 2.39. The van der Waals surface area contributed by atoms with Crippen LogP contribution in [0.3, 0.4) is 0 Å². The average Bonchev–Trinajstić information content (AvgIpc) is 2.94. The van der Waals surface area contributed by atoms with E-state index in [1.165, 1.54) is 26.4 Å². The first-order chi connectivity index (χ1) is 13.2. The van der Waals surface area contributed by atoms with Gasteiger partial charge in [0.2, 0.25) is 0 Å². The summed E-state index contributed by atoms with van der Waals surface area (Å²) in [5, 5.41) is 0. The number of nitrogens with zero attached hydrogens (tertiary/aromatic N) is 1. The molecule has 1 saturated heterocycles. The summed E-state index contributed by atoms with van der Waals surface area (Å²) in [6.45, 7) is 0. The number of alkyl halides is 3. The highest BCUT2D eigenvalue weighted by Gasteiger charge is 2.36. The number of thioether (sulfide) groups is 1. The molecule has 1 amide bonds. The number of rotatable bonds is 4. The lowest BCUT2D eigenvalue weighted by Crippen LogP contribution is -2.27. The monoisotopic (exact) mass is 425 g/mol. The molecule has 1 aliphatic heterocycles. The van der Waals surface area contributed by atoms with Gasteiger partial charge in [0.15, 0.2) is 4.32 Å². The van der Waals surface area contributed by atoms with Crippen LogP contribution in [0.5, 0.6) is 11.5 Å². The van der Waals surface area contributed by atoms with Crippen molar-refractivity contribution < 1.29 is 27.4 Å². The van der Waals surface area contributed by atoms with Crippen LogP contribution in [-0.2, 0) is 11.0 Å². The molecule has 0 spiro atoms. The molecule has 3 rings (SSSR count). The Bertz CT molecular complexity index is 973. The SMILES string of the molecule is COc1ccc(OC)c(/C=C2/SC(=S)N(c3cccc(C(F)(F)F)c3)C2=O)c1. The molecule has 2 aromatic carbocycles. The second-order valence-corrected chi connectivity index (χ2v) is 7.35. The number of amides is 1. The number of halogens is 3. The maximum absolute atomic E-state index is 13.0. The van der Waals surface area contributed by atoms with Gasteiger partial charge in [0.25, 0.3) is 5.91 Å². The van der Waals surface area contributed by atoms with Gasteiger partial charge in [-0.2, -0.15) is 13.2 Å². The lowest BCUT2D eigenvalue weighted by atomic mass is 10.1. The number of anilines is 1. The minimum absolute atomic E-state index is 0.0679. The van der Waals surface area contributed by atoms with E-state index >= 15 is 0 Å². The van der Waals surface area contributed by atoms with Crippen LogP contribution >= 0.6 is 24.0 Å². The smallest absolute Gasteiger partial charge is 0.416 e. The van der Waals surface area contributed by atoms with Gasteiger partial charge in [0.05, 0.1) is 30.4 Å². The number of thiocarbonyl (C=S) groups is 1. The standard InChI is InChI=1S/C19H14F3NO3S2/c1-25-14-6-7-15(26-2)11(8-14)9-16-17(24)23(18(27)28-16)13-5-3-4-12(10-13)19(20,21)22/h3-10H,1-2H3/b16-9+. The molecule has 9 heteroatoms. The van der Waals surface area contributed by atoms with E-state index in [2.05, 4.69) is 0 Å². The largest absolute Gasteiger partial charge is 0.497 e. The van der Waals surface area contributed by atoms with Crippen LogP contribution in [-0.4, -0.2) is 24.4 Å². The number of hydrogen-bond acceptors (Lipinski definition) is 5. The van der Waals surface area contributed by atoms with Crippen molar-refractivity contribution in [2.75, 3.05) is 19.1 Å². The minimum Gasteiger partial charge on any atom is -0.497 e. The molecule has 28 heavy (non-hydrogen) atoms. The van der Waals surface area contributed by atoms with E-state index in [0.717, 1.165) is 28.8 Å². The van der Waals surface area contributed by atoms with Gasteiger partial charge < -0.3 is 9.47 Å². The molecule has 1 fully saturated rings. The molecule has 1 aliphatic rings. The van der Waals surface area contributed by atoms with Crippen LogP contribution in [0.2, 0.25) is 0 Å². The summed E-state index contributed by atoms with van der Waals surface area (Å²) in [5.74, 6) is 0.588. The van der Waals surface area contributed by atoms with E-state index in [1.807, 2.05) is 0 Å². The molecule has 0 saturated carbocycles. The fourth-order valence-corrected chi connectivity index (χ4v) is 3.89. The Morgan fingerprint density at radius 1 is 1.11 bits per heavy atom. The quantitative estimate of drug-likeness (QED) is 0.502. The van der Waals surface area contributed by atoms with Gasteiger partial charge in [-0.3, -0.25) is 9.69 Å². The summed E-state index contributed by atoms with van der Waals surface area (Å²) in [6.07, 6.45) is -2.94. The van der Waals surface area contributed by atoms with Gasteiger partial charge in [0, 0.05) is 5.56 Å². The van der Waals surface area contributed by atoms with Crippen LogP contribution in [0, 0.1) is 0 Å². The van der Waals surface area contributed by atoms with Crippen molar-refractivity contribution in [2.24, 2.45) is 0 Å². The van der Waals surface area contributed by atoms with Crippen LogP contribution in [0.15, 0.2) is 47.4 Å². The third kappa shape index (κ3) is 4.00. The van der Waals surface area contributed by atoms with Gasteiger partial charge in [-0.1, -0.05) is 30.0 Å². The van der Waals surface area contributed by atoms with Crippen molar-refractivity contribution in [2.45, 2.75) is 6.18 Å². The summed E-state index contributed by atoms with van der Waals surface area (Å²) >= 11 is 6.24. The molecule has 0 bridgehead atoms. The molecular formula is C19H14F3NO3S2. The summed E-state index contributed by atoms with van der Waals surface area (Å²) in [7, 11) is 3.01. The van der Waals surface area contributed by atoms with Crippen LogP contribution < -0.4 is 14.4 Å². The topological polar surface area (TPSA) is 38.8 Å². The van der Waals surface area contributed by atoms with Crippen molar-refractivity contribution in [3.05, 3.63) is 58.5 Å². The first-order valence-corrected chi connectivity index (χ1v) is 9.14. The Balaban J connectivity index is 1.98. The lowest BCUT2D eigenvalue weighted by molar-refractivity contribution is -0.137. The molecule has 1 heterocycles. The Kier molecular flexibility index (Phi) is 5.66. The third-order valence-electron chi connectivity index (χ3n) is 3.95. The highest BCUT2D eigenvalue weighted by molar-refractivity contribution is 8.27. The van der Waals surface area contributed by atoms with Crippen molar-refractivity contribution >= 4 is 46.0 Å². The Labute approximate surface area is 168 Å². The molecule has 0 aromatic heterocycles. The van der Waals surface area contributed by atoms with Crippen LogP contribution in [0.4, 0.5) is 18.9 Å². The first kappa shape index (κ1) is 20.2. The molecular weight excluding hydrogens is 411 g/mol. The van der Waals surface area contributed by atoms with Gasteiger partial charge >= 0.3 is 6.18 Å². The number of methoxy groups -OCH3 is 2. The van der Waals surface area contributed by atoms with Gasteiger partial charge in [-0.05, 0) is 42.5 Å². The molecule has 0 N–H and O–H groups in total. The summed E-state index contributed by atoms with van der Waals surface area (Å²) in [6, 6.07) is 9.59. The number of carbonyl (C=O) groups is 1. The second kappa shape index (κ2) is 7.84. The minimum atomic E-state index is -4.51. The number of ether oxygens (including phenoxy) is 2. The Morgan fingerprint density at radius 2 is 1.86 bits per heavy atom. The zero-order valence-corrected chi connectivity index (χ0v) is 16.4. The molecule has 0 aliphatic carbocycles. The van der Waals surface area contributed by atoms with E-state index < -0.39 is 17.6 Å². The predicted molar refractivity (Wildman–Crippen MR) is 107 cm³/mol. The van der Waals surface area contributed by atoms with Gasteiger partial charge in [-0.25, -0.2) is 0 Å². The maximum Gasteiger partial charge on any atom is 0.416 e. The van der Waals surface area contributed by atoms with E-state index in [9.17, 15) is 18.0 Å². The zero-order valence-electron chi connectivity index (χ0n) is 14.7. The fourth-order valence-electron chi connectivity index (χ4n) is 2.61. The second-order valence-electron chi connectivity index (χ2n) is 5.67. The number of carbonyl (C=O) groups excluding carboxylic acids is 1.